The third-order valence-corrected chi connectivity index (χ3v) is 3.05. The van der Waals surface area contributed by atoms with Gasteiger partial charge >= 0.3 is 0 Å². The van der Waals surface area contributed by atoms with Crippen molar-refractivity contribution in [3.63, 3.8) is 0 Å². The highest BCUT2D eigenvalue weighted by Gasteiger charge is 2.20. The maximum Gasteiger partial charge on any atom is 0.262 e. The summed E-state index contributed by atoms with van der Waals surface area (Å²) in [6.07, 6.45) is 1.15. The molecule has 4 heteroatoms. The van der Waals surface area contributed by atoms with E-state index in [0.717, 1.165) is 32.1 Å². The highest BCUT2D eigenvalue weighted by atomic mass is 19.3. The number of hydrogen-bond donors (Lipinski definition) is 2. The van der Waals surface area contributed by atoms with Gasteiger partial charge in [-0.15, -0.1) is 0 Å². The van der Waals surface area contributed by atoms with Crippen LogP contribution in [0.3, 0.4) is 0 Å². The van der Waals surface area contributed by atoms with Crippen molar-refractivity contribution in [2.75, 3.05) is 25.0 Å². The first-order valence-corrected chi connectivity index (χ1v) is 5.97. The molecule has 2 nitrogen and oxygen atoms in total. The molecule has 2 rings (SSSR count). The van der Waals surface area contributed by atoms with Gasteiger partial charge in [0.1, 0.15) is 0 Å². The normalized spacial score (nSPS) is 20.5. The minimum absolute atomic E-state index is 0.322. The van der Waals surface area contributed by atoms with Crippen molar-refractivity contribution in [3.8, 4) is 0 Å². The van der Waals surface area contributed by atoms with Crippen LogP contribution in [0.2, 0.25) is 0 Å². The number of rotatable bonds is 4. The van der Waals surface area contributed by atoms with Gasteiger partial charge < -0.3 is 10.6 Å². The van der Waals surface area contributed by atoms with E-state index in [2.05, 4.69) is 10.6 Å². The largest absolute Gasteiger partial charge is 0.379 e. The third-order valence-electron chi connectivity index (χ3n) is 3.05. The van der Waals surface area contributed by atoms with Crippen LogP contribution in [0.4, 0.5) is 14.5 Å². The average molecular weight is 240 g/mol. The molecule has 0 bridgehead atoms. The molecule has 0 aromatic heterocycles. The highest BCUT2D eigenvalue weighted by molar-refractivity contribution is 5.45. The fraction of sp³-hybridized carbons (Fsp3) is 0.538. The molecular weight excluding hydrogens is 222 g/mol. The molecule has 1 aliphatic rings. The maximum atomic E-state index is 12.7. The Morgan fingerprint density at radius 2 is 2.06 bits per heavy atom. The molecule has 0 saturated carbocycles. The molecule has 0 radical (unpaired) electrons. The van der Waals surface area contributed by atoms with Gasteiger partial charge in [-0.3, -0.25) is 0 Å². The van der Waals surface area contributed by atoms with Gasteiger partial charge in [0.15, 0.2) is 0 Å². The van der Waals surface area contributed by atoms with Crippen LogP contribution in [0.5, 0.6) is 0 Å². The predicted molar refractivity (Wildman–Crippen MR) is 65.8 cm³/mol. The molecule has 1 aromatic rings. The summed E-state index contributed by atoms with van der Waals surface area (Å²) in [5.41, 5.74) is 2.03. The minimum atomic E-state index is -2.67. The second kappa shape index (κ2) is 5.00. The Labute approximate surface area is 100 Å². The molecule has 0 amide bonds. The van der Waals surface area contributed by atoms with Crippen molar-refractivity contribution in [1.82, 2.24) is 5.32 Å². The number of alkyl halides is 2. The van der Waals surface area contributed by atoms with E-state index in [1.54, 1.807) is 0 Å². The first kappa shape index (κ1) is 12.3. The monoisotopic (exact) mass is 240 g/mol. The number of halogens is 2. The average Bonchev–Trinajstić information content (AvgIpc) is 2.79. The number of benzene rings is 1. The van der Waals surface area contributed by atoms with E-state index in [0.29, 0.717) is 5.92 Å². The Morgan fingerprint density at radius 1 is 1.35 bits per heavy atom. The summed E-state index contributed by atoms with van der Waals surface area (Å²) in [6.45, 7) is 2.67. The van der Waals surface area contributed by atoms with E-state index < -0.39 is 5.92 Å². The molecule has 17 heavy (non-hydrogen) atoms. The second-order valence-corrected chi connectivity index (χ2v) is 4.74. The Balaban J connectivity index is 1.93. The summed E-state index contributed by atoms with van der Waals surface area (Å²) in [5.74, 6) is -2.11. The van der Waals surface area contributed by atoms with Gasteiger partial charge in [0.05, 0.1) is 6.54 Å². The van der Waals surface area contributed by atoms with E-state index >= 15 is 0 Å². The van der Waals surface area contributed by atoms with Crippen molar-refractivity contribution >= 4 is 5.69 Å². The molecule has 1 atom stereocenters. The Morgan fingerprint density at radius 3 is 2.59 bits per heavy atom. The summed E-state index contributed by atoms with van der Waals surface area (Å²) in [4.78, 5) is 0. The molecule has 1 saturated heterocycles. The zero-order valence-corrected chi connectivity index (χ0v) is 9.97. The molecule has 1 aromatic carbocycles. The van der Waals surface area contributed by atoms with Gasteiger partial charge in [0.25, 0.3) is 5.92 Å². The fourth-order valence-electron chi connectivity index (χ4n) is 2.07. The van der Waals surface area contributed by atoms with E-state index in [4.69, 9.17) is 0 Å². The van der Waals surface area contributed by atoms with Gasteiger partial charge in [-0.2, -0.15) is 0 Å². The highest BCUT2D eigenvalue weighted by Crippen LogP contribution is 2.24. The lowest BCUT2D eigenvalue weighted by atomic mass is 9.98. The second-order valence-electron chi connectivity index (χ2n) is 4.74. The Hall–Kier alpha value is -1.16. The standard InChI is InChI=1S/C13H18F2N2/c1-13(14,15)9-17-12-4-2-10(3-5-12)11-6-7-16-8-11/h2-5,11,16-17H,6-9H2,1H3. The molecule has 1 fully saturated rings. The van der Waals surface area contributed by atoms with E-state index in [9.17, 15) is 8.78 Å². The molecule has 0 aliphatic carbocycles. The Kier molecular flexibility index (Phi) is 3.62. The van der Waals surface area contributed by atoms with Crippen LogP contribution in [0.15, 0.2) is 24.3 Å². The van der Waals surface area contributed by atoms with Crippen LogP contribution >= 0.6 is 0 Å². The number of anilines is 1. The lowest BCUT2D eigenvalue weighted by molar-refractivity contribution is 0.0368. The summed E-state index contributed by atoms with van der Waals surface area (Å²) in [7, 11) is 0. The minimum Gasteiger partial charge on any atom is -0.379 e. The topological polar surface area (TPSA) is 24.1 Å². The van der Waals surface area contributed by atoms with Crippen LogP contribution in [0.25, 0.3) is 0 Å². The van der Waals surface area contributed by atoms with Gasteiger partial charge in [-0.05, 0) is 36.6 Å². The molecule has 0 spiro atoms. The lowest BCUT2D eigenvalue weighted by Crippen LogP contribution is -2.22. The fourth-order valence-corrected chi connectivity index (χ4v) is 2.07. The van der Waals surface area contributed by atoms with Gasteiger partial charge in [0.2, 0.25) is 0 Å². The van der Waals surface area contributed by atoms with Crippen LogP contribution in [0, 0.1) is 0 Å². The molecule has 1 aliphatic heterocycles. The van der Waals surface area contributed by atoms with Crippen LogP contribution in [0.1, 0.15) is 24.8 Å². The number of nitrogens with one attached hydrogen (secondary N) is 2. The first-order valence-electron chi connectivity index (χ1n) is 5.97. The predicted octanol–water partition coefficient (Wildman–Crippen LogP) is 2.83. The van der Waals surface area contributed by atoms with Crippen molar-refractivity contribution < 1.29 is 8.78 Å². The van der Waals surface area contributed by atoms with Crippen LogP contribution in [-0.2, 0) is 0 Å². The maximum absolute atomic E-state index is 12.7. The quantitative estimate of drug-likeness (QED) is 0.845. The van der Waals surface area contributed by atoms with Crippen molar-refractivity contribution in [2.24, 2.45) is 0 Å². The van der Waals surface area contributed by atoms with Crippen molar-refractivity contribution in [3.05, 3.63) is 29.8 Å². The van der Waals surface area contributed by atoms with E-state index in [1.807, 2.05) is 24.3 Å². The zero-order valence-electron chi connectivity index (χ0n) is 9.97. The zero-order chi connectivity index (χ0) is 12.3. The molecule has 1 unspecified atom stereocenters. The third kappa shape index (κ3) is 3.66. The van der Waals surface area contributed by atoms with Gasteiger partial charge in [0, 0.05) is 19.2 Å². The molecule has 94 valence electrons. The summed E-state index contributed by atoms with van der Waals surface area (Å²) < 4.78 is 25.3. The molecular formula is C13H18F2N2. The van der Waals surface area contributed by atoms with Crippen molar-refractivity contribution in [1.29, 1.82) is 0 Å². The van der Waals surface area contributed by atoms with E-state index in [1.165, 1.54) is 5.56 Å². The summed E-state index contributed by atoms with van der Waals surface area (Å²) >= 11 is 0. The molecule has 2 N–H and O–H groups in total. The van der Waals surface area contributed by atoms with Gasteiger partial charge in [-0.1, -0.05) is 12.1 Å². The van der Waals surface area contributed by atoms with Crippen LogP contribution < -0.4 is 10.6 Å². The first-order chi connectivity index (χ1) is 8.04. The lowest BCUT2D eigenvalue weighted by Gasteiger charge is -2.14. The smallest absolute Gasteiger partial charge is 0.262 e. The Bertz CT molecular complexity index is 351. The molecule has 1 heterocycles. The van der Waals surface area contributed by atoms with Crippen molar-refractivity contribution in [2.45, 2.75) is 25.2 Å². The number of hydrogen-bond acceptors (Lipinski definition) is 2. The van der Waals surface area contributed by atoms with Gasteiger partial charge in [-0.25, -0.2) is 8.78 Å². The summed E-state index contributed by atoms with van der Waals surface area (Å²) in [6, 6.07) is 7.79. The van der Waals surface area contributed by atoms with Crippen LogP contribution in [-0.4, -0.2) is 25.6 Å². The van der Waals surface area contributed by atoms with E-state index in [-0.39, 0.29) is 6.54 Å². The summed E-state index contributed by atoms with van der Waals surface area (Å²) in [5, 5.41) is 6.05. The SMILES string of the molecule is CC(F)(F)CNc1ccc(C2CCNC2)cc1.